The molecular formula is C15H25N3O5. The molecule has 0 saturated heterocycles. The van der Waals surface area contributed by atoms with Crippen LogP contribution in [0.3, 0.4) is 0 Å². The molecule has 130 valence electrons. The lowest BCUT2D eigenvalue weighted by molar-refractivity contribution is -0.146. The van der Waals surface area contributed by atoms with Gasteiger partial charge in [0.15, 0.2) is 0 Å². The average Bonchev–Trinajstić information content (AvgIpc) is 2.41. The lowest BCUT2D eigenvalue weighted by Crippen LogP contribution is -2.47. The van der Waals surface area contributed by atoms with Crippen LogP contribution in [-0.4, -0.2) is 52.0 Å². The van der Waals surface area contributed by atoms with Gasteiger partial charge in [-0.3, -0.25) is 9.59 Å². The molecule has 8 heteroatoms. The second-order valence-corrected chi connectivity index (χ2v) is 5.95. The summed E-state index contributed by atoms with van der Waals surface area (Å²) < 4.78 is 5.54. The standard InChI is InChI=1S/C15H25N3O5/c1-9(2)7-13(23-10(3)4)14(20)18-12(15(21)22)6-5-11(19)8-17-16/h8-10,12-13H,5-7H2,1-4H3,(H,18,20)(H,21,22)/t12-,13-/m0/s1. The number of carbonyl (C=O) groups is 3. The van der Waals surface area contributed by atoms with Crippen molar-refractivity contribution >= 4 is 23.9 Å². The predicted molar refractivity (Wildman–Crippen MR) is 83.0 cm³/mol. The maximum atomic E-state index is 12.2. The fourth-order valence-electron chi connectivity index (χ4n) is 1.92. The van der Waals surface area contributed by atoms with E-state index in [2.05, 4.69) is 10.1 Å². The fourth-order valence-corrected chi connectivity index (χ4v) is 1.92. The summed E-state index contributed by atoms with van der Waals surface area (Å²) in [4.78, 5) is 37.3. The van der Waals surface area contributed by atoms with Crippen LogP contribution in [0.5, 0.6) is 0 Å². The van der Waals surface area contributed by atoms with E-state index >= 15 is 0 Å². The third-order valence-electron chi connectivity index (χ3n) is 2.91. The monoisotopic (exact) mass is 327 g/mol. The van der Waals surface area contributed by atoms with Crippen LogP contribution >= 0.6 is 0 Å². The Morgan fingerprint density at radius 3 is 2.30 bits per heavy atom. The van der Waals surface area contributed by atoms with Crippen LogP contribution < -0.4 is 5.32 Å². The quantitative estimate of drug-likeness (QED) is 0.333. The molecule has 0 aromatic carbocycles. The van der Waals surface area contributed by atoms with E-state index < -0.39 is 29.8 Å². The van der Waals surface area contributed by atoms with Crippen LogP contribution in [0.4, 0.5) is 0 Å². The zero-order chi connectivity index (χ0) is 18.0. The third kappa shape index (κ3) is 9.55. The summed E-state index contributed by atoms with van der Waals surface area (Å²) in [5.74, 6) is -2.07. The lowest BCUT2D eigenvalue weighted by Gasteiger charge is -2.23. The first kappa shape index (κ1) is 20.9. The van der Waals surface area contributed by atoms with Crippen molar-refractivity contribution in [2.45, 2.75) is 65.2 Å². The molecule has 0 heterocycles. The van der Waals surface area contributed by atoms with E-state index in [9.17, 15) is 14.4 Å². The van der Waals surface area contributed by atoms with E-state index in [1.807, 2.05) is 13.8 Å². The van der Waals surface area contributed by atoms with Gasteiger partial charge in [0.2, 0.25) is 11.7 Å². The van der Waals surface area contributed by atoms with E-state index in [0.717, 1.165) is 0 Å². The molecule has 0 spiro atoms. The molecule has 0 radical (unpaired) electrons. The first-order chi connectivity index (χ1) is 10.7. The Morgan fingerprint density at radius 1 is 1.26 bits per heavy atom. The summed E-state index contributed by atoms with van der Waals surface area (Å²) >= 11 is 0. The normalized spacial score (nSPS) is 13.3. The maximum absolute atomic E-state index is 12.2. The fraction of sp³-hybridized carbons (Fsp3) is 0.733. The maximum Gasteiger partial charge on any atom is 0.326 e. The number of aliphatic carboxylic acids is 1. The largest absolute Gasteiger partial charge is 0.480 e. The minimum atomic E-state index is -1.24. The summed E-state index contributed by atoms with van der Waals surface area (Å²) in [5.41, 5.74) is 8.24. The topological polar surface area (TPSA) is 129 Å². The molecule has 0 unspecified atom stereocenters. The van der Waals surface area contributed by atoms with Crippen LogP contribution in [0.25, 0.3) is 5.53 Å². The average molecular weight is 327 g/mol. The second kappa shape index (κ2) is 10.6. The van der Waals surface area contributed by atoms with Gasteiger partial charge in [-0.2, -0.15) is 4.79 Å². The Hall–Kier alpha value is -2.05. The van der Waals surface area contributed by atoms with E-state index in [1.54, 1.807) is 13.8 Å². The predicted octanol–water partition coefficient (Wildman–Crippen LogP) is 1.05. The number of nitrogens with one attached hydrogen (secondary N) is 1. The molecule has 0 aliphatic rings. The molecule has 23 heavy (non-hydrogen) atoms. The first-order valence-corrected chi connectivity index (χ1v) is 7.56. The smallest absolute Gasteiger partial charge is 0.326 e. The molecule has 0 fully saturated rings. The Balaban J connectivity index is 4.81. The van der Waals surface area contributed by atoms with Crippen molar-refractivity contribution in [1.29, 1.82) is 0 Å². The van der Waals surface area contributed by atoms with E-state index in [1.165, 1.54) is 0 Å². The summed E-state index contributed by atoms with van der Waals surface area (Å²) in [7, 11) is 0. The van der Waals surface area contributed by atoms with Gasteiger partial charge < -0.3 is 20.7 Å². The lowest BCUT2D eigenvalue weighted by atomic mass is 10.0. The van der Waals surface area contributed by atoms with Gasteiger partial charge >= 0.3 is 12.2 Å². The molecule has 0 aliphatic carbocycles. The van der Waals surface area contributed by atoms with Gasteiger partial charge in [0.1, 0.15) is 12.1 Å². The molecule has 2 atom stereocenters. The van der Waals surface area contributed by atoms with Crippen molar-refractivity contribution < 1.29 is 29.0 Å². The van der Waals surface area contributed by atoms with Crippen molar-refractivity contribution in [3.63, 3.8) is 0 Å². The number of hydrogen-bond donors (Lipinski definition) is 2. The number of rotatable bonds is 11. The van der Waals surface area contributed by atoms with Gasteiger partial charge in [-0.15, -0.1) is 0 Å². The highest BCUT2D eigenvalue weighted by atomic mass is 16.5. The molecule has 2 N–H and O–H groups in total. The Bertz CT molecular complexity index is 460. The van der Waals surface area contributed by atoms with Crippen LogP contribution in [-0.2, 0) is 19.1 Å². The number of Topliss-reactive ketones (excluding diaryl/α,β-unsaturated/α-hetero) is 1. The Kier molecular flexibility index (Phi) is 9.69. The highest BCUT2D eigenvalue weighted by Gasteiger charge is 2.27. The van der Waals surface area contributed by atoms with Crippen molar-refractivity contribution in [2.24, 2.45) is 5.92 Å². The number of ketones is 1. The van der Waals surface area contributed by atoms with Gasteiger partial charge in [0, 0.05) is 6.42 Å². The molecule has 0 aromatic rings. The van der Waals surface area contributed by atoms with Crippen molar-refractivity contribution in [3.05, 3.63) is 5.53 Å². The Labute approximate surface area is 135 Å². The number of ether oxygens (including phenoxy) is 1. The molecule has 0 aromatic heterocycles. The van der Waals surface area contributed by atoms with Crippen LogP contribution in [0.1, 0.15) is 47.0 Å². The third-order valence-corrected chi connectivity index (χ3v) is 2.91. The van der Waals surface area contributed by atoms with Crippen molar-refractivity contribution in [1.82, 2.24) is 5.32 Å². The number of nitrogens with zero attached hydrogens (tertiary/aromatic N) is 2. The van der Waals surface area contributed by atoms with Crippen LogP contribution in [0, 0.1) is 5.92 Å². The molecular weight excluding hydrogens is 302 g/mol. The molecule has 0 rings (SSSR count). The molecule has 8 nitrogen and oxygen atoms in total. The summed E-state index contributed by atoms with van der Waals surface area (Å²) in [6, 6.07) is -1.20. The molecule has 0 bridgehead atoms. The Morgan fingerprint density at radius 2 is 1.87 bits per heavy atom. The van der Waals surface area contributed by atoms with Gasteiger partial charge in [-0.25, -0.2) is 4.79 Å². The van der Waals surface area contributed by atoms with Crippen molar-refractivity contribution in [3.8, 4) is 0 Å². The number of carbonyl (C=O) groups excluding carboxylic acids is 2. The van der Waals surface area contributed by atoms with Crippen LogP contribution in [0.15, 0.2) is 0 Å². The SMILES string of the molecule is CC(C)C[C@H](OC(C)C)C(=O)N[C@@H](CCC(=O)C=[N+]=[N-])C(=O)O. The van der Waals surface area contributed by atoms with Crippen molar-refractivity contribution in [2.75, 3.05) is 0 Å². The molecule has 0 saturated carbocycles. The first-order valence-electron chi connectivity index (χ1n) is 7.56. The zero-order valence-electron chi connectivity index (χ0n) is 14.0. The molecule has 0 aliphatic heterocycles. The highest BCUT2D eigenvalue weighted by Crippen LogP contribution is 2.12. The van der Waals surface area contributed by atoms with Gasteiger partial charge in [-0.1, -0.05) is 13.8 Å². The number of carboxylic acid groups (broad SMARTS) is 1. The minimum absolute atomic E-state index is 0.0952. The van der Waals surface area contributed by atoms with E-state index in [0.29, 0.717) is 12.6 Å². The van der Waals surface area contributed by atoms with Crippen LogP contribution in [0.2, 0.25) is 0 Å². The van der Waals surface area contributed by atoms with Gasteiger partial charge in [0.25, 0.3) is 0 Å². The second-order valence-electron chi connectivity index (χ2n) is 5.95. The number of amides is 1. The number of hydrogen-bond acceptors (Lipinski definition) is 4. The number of carboxylic acids is 1. The van der Waals surface area contributed by atoms with E-state index in [-0.39, 0.29) is 24.9 Å². The zero-order valence-corrected chi connectivity index (χ0v) is 14.0. The summed E-state index contributed by atoms with van der Waals surface area (Å²) in [6.07, 6.45) is 0.00138. The summed E-state index contributed by atoms with van der Waals surface area (Å²) in [6.45, 7) is 7.46. The van der Waals surface area contributed by atoms with E-state index in [4.69, 9.17) is 15.4 Å². The summed E-state index contributed by atoms with van der Waals surface area (Å²) in [5, 5.41) is 11.6. The minimum Gasteiger partial charge on any atom is -0.480 e. The van der Waals surface area contributed by atoms with Gasteiger partial charge in [-0.05, 0) is 32.6 Å². The van der Waals surface area contributed by atoms with Gasteiger partial charge in [0.05, 0.1) is 6.10 Å². The molecule has 1 amide bonds. The highest BCUT2D eigenvalue weighted by molar-refractivity contribution is 6.25.